The van der Waals surface area contributed by atoms with E-state index in [1.165, 1.54) is 0 Å². The number of aliphatic hydroxyl groups is 1. The average Bonchev–Trinajstić information content (AvgIpc) is 3.09. The SMILES string of the molecule is COC1CC(O)(c2cccc(OC3CC3)c2)C1. The highest BCUT2D eigenvalue weighted by molar-refractivity contribution is 5.34. The Morgan fingerprint density at radius 1 is 1.24 bits per heavy atom. The zero-order valence-electron chi connectivity index (χ0n) is 10.1. The van der Waals surface area contributed by atoms with Crippen LogP contribution in [0.5, 0.6) is 5.75 Å². The molecule has 0 aromatic heterocycles. The highest BCUT2D eigenvalue weighted by atomic mass is 16.5. The molecule has 2 aliphatic carbocycles. The normalized spacial score (nSPS) is 32.0. The molecule has 0 saturated heterocycles. The second-order valence-electron chi connectivity index (χ2n) is 5.14. The van der Waals surface area contributed by atoms with Crippen LogP contribution in [0.15, 0.2) is 24.3 Å². The van der Waals surface area contributed by atoms with Crippen LogP contribution in [0.1, 0.15) is 31.2 Å². The van der Waals surface area contributed by atoms with Gasteiger partial charge in [0.05, 0.1) is 17.8 Å². The molecule has 0 atom stereocenters. The number of rotatable bonds is 4. The molecule has 17 heavy (non-hydrogen) atoms. The third-order valence-electron chi connectivity index (χ3n) is 3.66. The standard InChI is InChI=1S/C14H18O3/c1-16-13-8-14(15,9-13)10-3-2-4-12(7-10)17-11-5-6-11/h2-4,7,11,13,15H,5-6,8-9H2,1H3. The molecule has 92 valence electrons. The van der Waals surface area contributed by atoms with Gasteiger partial charge in [0.15, 0.2) is 0 Å². The zero-order valence-corrected chi connectivity index (χ0v) is 10.1. The van der Waals surface area contributed by atoms with Gasteiger partial charge in [-0.1, -0.05) is 12.1 Å². The van der Waals surface area contributed by atoms with Crippen LogP contribution in [0, 0.1) is 0 Å². The van der Waals surface area contributed by atoms with Crippen molar-refractivity contribution in [2.45, 2.75) is 43.5 Å². The summed E-state index contributed by atoms with van der Waals surface area (Å²) in [7, 11) is 1.69. The van der Waals surface area contributed by atoms with Crippen molar-refractivity contribution in [2.75, 3.05) is 7.11 Å². The number of ether oxygens (including phenoxy) is 2. The molecule has 3 heteroatoms. The predicted octanol–water partition coefficient (Wildman–Crippen LogP) is 2.22. The van der Waals surface area contributed by atoms with E-state index in [0.29, 0.717) is 18.9 Å². The first-order valence-corrected chi connectivity index (χ1v) is 6.22. The van der Waals surface area contributed by atoms with Gasteiger partial charge in [-0.3, -0.25) is 0 Å². The molecule has 0 heterocycles. The van der Waals surface area contributed by atoms with Gasteiger partial charge in [-0.2, -0.15) is 0 Å². The van der Waals surface area contributed by atoms with E-state index in [4.69, 9.17) is 9.47 Å². The van der Waals surface area contributed by atoms with E-state index < -0.39 is 5.60 Å². The summed E-state index contributed by atoms with van der Waals surface area (Å²) in [4.78, 5) is 0. The van der Waals surface area contributed by atoms with Gasteiger partial charge >= 0.3 is 0 Å². The molecule has 2 saturated carbocycles. The van der Waals surface area contributed by atoms with E-state index in [9.17, 15) is 5.11 Å². The van der Waals surface area contributed by atoms with Gasteiger partial charge in [0, 0.05) is 20.0 Å². The Morgan fingerprint density at radius 3 is 2.65 bits per heavy atom. The highest BCUT2D eigenvalue weighted by Crippen LogP contribution is 2.43. The fraction of sp³-hybridized carbons (Fsp3) is 0.571. The van der Waals surface area contributed by atoms with Gasteiger partial charge in [0.25, 0.3) is 0 Å². The predicted molar refractivity (Wildman–Crippen MR) is 64.0 cm³/mol. The van der Waals surface area contributed by atoms with Crippen molar-refractivity contribution in [1.29, 1.82) is 0 Å². The molecule has 3 nitrogen and oxygen atoms in total. The fourth-order valence-corrected chi connectivity index (χ4v) is 2.33. The minimum atomic E-state index is -0.719. The Hall–Kier alpha value is -1.06. The first-order chi connectivity index (χ1) is 8.19. The maximum Gasteiger partial charge on any atom is 0.120 e. The molecule has 0 bridgehead atoms. The average molecular weight is 234 g/mol. The van der Waals surface area contributed by atoms with Gasteiger partial charge < -0.3 is 14.6 Å². The molecule has 0 amide bonds. The maximum atomic E-state index is 10.4. The molecular weight excluding hydrogens is 216 g/mol. The number of hydrogen-bond acceptors (Lipinski definition) is 3. The summed E-state index contributed by atoms with van der Waals surface area (Å²) >= 11 is 0. The Morgan fingerprint density at radius 2 is 2.00 bits per heavy atom. The van der Waals surface area contributed by atoms with Gasteiger partial charge in [-0.25, -0.2) is 0 Å². The summed E-state index contributed by atoms with van der Waals surface area (Å²) < 4.78 is 11.0. The summed E-state index contributed by atoms with van der Waals surface area (Å²) in [6, 6.07) is 7.83. The second kappa shape index (κ2) is 4.00. The zero-order chi connectivity index (χ0) is 11.9. The minimum absolute atomic E-state index is 0.188. The van der Waals surface area contributed by atoms with Crippen molar-refractivity contribution in [1.82, 2.24) is 0 Å². The number of hydrogen-bond donors (Lipinski definition) is 1. The molecule has 2 aliphatic rings. The Kier molecular flexibility index (Phi) is 2.60. The lowest BCUT2D eigenvalue weighted by Gasteiger charge is -2.43. The summed E-state index contributed by atoms with van der Waals surface area (Å²) in [6.45, 7) is 0. The van der Waals surface area contributed by atoms with E-state index in [0.717, 1.165) is 24.2 Å². The lowest BCUT2D eigenvalue weighted by Crippen LogP contribution is -2.45. The van der Waals surface area contributed by atoms with Crippen LogP contribution < -0.4 is 4.74 Å². The van der Waals surface area contributed by atoms with Crippen LogP contribution >= 0.6 is 0 Å². The second-order valence-corrected chi connectivity index (χ2v) is 5.14. The minimum Gasteiger partial charge on any atom is -0.490 e. The molecule has 1 aromatic carbocycles. The van der Waals surface area contributed by atoms with Gasteiger partial charge in [0.2, 0.25) is 0 Å². The Bertz CT molecular complexity index is 406. The first kappa shape index (κ1) is 11.1. The Labute approximate surface area is 101 Å². The van der Waals surface area contributed by atoms with E-state index >= 15 is 0 Å². The molecule has 0 unspecified atom stereocenters. The monoisotopic (exact) mass is 234 g/mol. The van der Waals surface area contributed by atoms with Crippen LogP contribution in [0.3, 0.4) is 0 Å². The molecule has 0 spiro atoms. The van der Waals surface area contributed by atoms with Crippen LogP contribution in [-0.4, -0.2) is 24.4 Å². The van der Waals surface area contributed by atoms with Crippen LogP contribution in [0.4, 0.5) is 0 Å². The summed E-state index contributed by atoms with van der Waals surface area (Å²) in [5.41, 5.74) is 0.229. The van der Waals surface area contributed by atoms with Crippen molar-refractivity contribution in [2.24, 2.45) is 0 Å². The van der Waals surface area contributed by atoms with Crippen LogP contribution in [0.2, 0.25) is 0 Å². The summed E-state index contributed by atoms with van der Waals surface area (Å²) in [5, 5.41) is 10.4. The van der Waals surface area contributed by atoms with Gasteiger partial charge in [-0.15, -0.1) is 0 Å². The smallest absolute Gasteiger partial charge is 0.120 e. The lowest BCUT2D eigenvalue weighted by molar-refractivity contribution is -0.133. The largest absolute Gasteiger partial charge is 0.490 e. The van der Waals surface area contributed by atoms with E-state index in [1.54, 1.807) is 7.11 Å². The highest BCUT2D eigenvalue weighted by Gasteiger charge is 2.44. The molecule has 0 aliphatic heterocycles. The van der Waals surface area contributed by atoms with Crippen LogP contribution in [-0.2, 0) is 10.3 Å². The number of methoxy groups -OCH3 is 1. The van der Waals surface area contributed by atoms with Crippen molar-refractivity contribution >= 4 is 0 Å². The van der Waals surface area contributed by atoms with Gasteiger partial charge in [-0.05, 0) is 30.5 Å². The van der Waals surface area contributed by atoms with E-state index in [2.05, 4.69) is 0 Å². The van der Waals surface area contributed by atoms with E-state index in [-0.39, 0.29) is 6.10 Å². The topological polar surface area (TPSA) is 38.7 Å². The summed E-state index contributed by atoms with van der Waals surface area (Å²) in [5.74, 6) is 0.874. The van der Waals surface area contributed by atoms with Gasteiger partial charge in [0.1, 0.15) is 5.75 Å². The van der Waals surface area contributed by atoms with E-state index in [1.807, 2.05) is 24.3 Å². The quantitative estimate of drug-likeness (QED) is 0.868. The van der Waals surface area contributed by atoms with Crippen molar-refractivity contribution in [3.05, 3.63) is 29.8 Å². The molecule has 1 aromatic rings. The van der Waals surface area contributed by atoms with Crippen LogP contribution in [0.25, 0.3) is 0 Å². The fourth-order valence-electron chi connectivity index (χ4n) is 2.33. The molecule has 1 N–H and O–H groups in total. The van der Waals surface area contributed by atoms with Crippen molar-refractivity contribution < 1.29 is 14.6 Å². The molecule has 0 radical (unpaired) electrons. The maximum absolute atomic E-state index is 10.4. The molecule has 3 rings (SSSR count). The third-order valence-corrected chi connectivity index (χ3v) is 3.66. The summed E-state index contributed by atoms with van der Waals surface area (Å²) in [6.07, 6.45) is 4.24. The Balaban J connectivity index is 1.73. The van der Waals surface area contributed by atoms with Crippen molar-refractivity contribution in [3.63, 3.8) is 0 Å². The first-order valence-electron chi connectivity index (χ1n) is 6.22. The lowest BCUT2D eigenvalue weighted by atomic mass is 9.73. The molecule has 2 fully saturated rings. The molecular formula is C14H18O3. The third kappa shape index (κ3) is 2.17. The number of benzene rings is 1. The van der Waals surface area contributed by atoms with Crippen molar-refractivity contribution in [3.8, 4) is 5.75 Å².